The van der Waals surface area contributed by atoms with E-state index in [1.165, 1.54) is 11.8 Å². The molecule has 2 N–H and O–H groups in total. The maximum Gasteiger partial charge on any atom is 0.136 e. The molecule has 118 valence electrons. The Labute approximate surface area is 130 Å². The van der Waals surface area contributed by atoms with E-state index in [4.69, 9.17) is 9.47 Å². The maximum atomic E-state index is 10.3. The first kappa shape index (κ1) is 16.8. The van der Waals surface area contributed by atoms with Crippen LogP contribution in [-0.4, -0.2) is 46.7 Å². The number of ether oxygens (including phenoxy) is 2. The predicted molar refractivity (Wildman–Crippen MR) is 83.3 cm³/mol. The summed E-state index contributed by atoms with van der Waals surface area (Å²) in [6.07, 6.45) is -0.812. The predicted octanol–water partition coefficient (Wildman–Crippen LogP) is 2.43. The standard InChI is InChI=1S/C16H24O4S/c1-3-4-10-19-15-14(18)13(17)11(2)20-16(15)21-12-8-6-5-7-9-12/h5-9,11,13-18H,3-4,10H2,1-2H3/t11-,13-,14+,15+,16-/m0/s1. The van der Waals surface area contributed by atoms with Crippen LogP contribution in [0.3, 0.4) is 0 Å². The van der Waals surface area contributed by atoms with Crippen LogP contribution in [0.2, 0.25) is 0 Å². The molecule has 0 saturated carbocycles. The van der Waals surface area contributed by atoms with Gasteiger partial charge in [-0.15, -0.1) is 0 Å². The van der Waals surface area contributed by atoms with Gasteiger partial charge in [-0.3, -0.25) is 0 Å². The molecule has 2 rings (SSSR count). The second-order valence-corrected chi connectivity index (χ2v) is 6.48. The summed E-state index contributed by atoms with van der Waals surface area (Å²) < 4.78 is 11.6. The Morgan fingerprint density at radius 2 is 1.90 bits per heavy atom. The summed E-state index contributed by atoms with van der Waals surface area (Å²) in [4.78, 5) is 1.06. The van der Waals surface area contributed by atoms with Gasteiger partial charge in [0.1, 0.15) is 23.7 Å². The molecule has 0 spiro atoms. The van der Waals surface area contributed by atoms with Crippen LogP contribution in [0.15, 0.2) is 35.2 Å². The van der Waals surface area contributed by atoms with E-state index < -0.39 is 24.4 Å². The molecule has 1 fully saturated rings. The van der Waals surface area contributed by atoms with Crippen molar-refractivity contribution in [3.8, 4) is 0 Å². The molecule has 1 aliphatic rings. The zero-order chi connectivity index (χ0) is 15.2. The molecule has 0 aromatic heterocycles. The van der Waals surface area contributed by atoms with Crippen molar-refractivity contribution < 1.29 is 19.7 Å². The third-order valence-corrected chi connectivity index (χ3v) is 4.74. The summed E-state index contributed by atoms with van der Waals surface area (Å²) in [6, 6.07) is 9.89. The highest BCUT2D eigenvalue weighted by Gasteiger charge is 2.43. The van der Waals surface area contributed by atoms with Gasteiger partial charge in [0.2, 0.25) is 0 Å². The van der Waals surface area contributed by atoms with Crippen molar-refractivity contribution in [3.63, 3.8) is 0 Å². The Kier molecular flexibility index (Phi) is 6.51. The minimum Gasteiger partial charge on any atom is -0.388 e. The normalized spacial score (nSPS) is 33.0. The van der Waals surface area contributed by atoms with E-state index >= 15 is 0 Å². The molecule has 4 nitrogen and oxygen atoms in total. The van der Waals surface area contributed by atoms with Crippen LogP contribution in [-0.2, 0) is 9.47 Å². The fourth-order valence-corrected chi connectivity index (χ4v) is 3.46. The molecule has 0 amide bonds. The molecule has 1 aromatic rings. The molecule has 21 heavy (non-hydrogen) atoms. The number of unbranched alkanes of at least 4 members (excludes halogenated alkanes) is 1. The van der Waals surface area contributed by atoms with E-state index in [0.29, 0.717) is 6.61 Å². The summed E-state index contributed by atoms with van der Waals surface area (Å²) in [5.41, 5.74) is -0.322. The van der Waals surface area contributed by atoms with Crippen molar-refractivity contribution >= 4 is 11.8 Å². The maximum absolute atomic E-state index is 10.3. The van der Waals surface area contributed by atoms with E-state index in [-0.39, 0.29) is 5.44 Å². The lowest BCUT2D eigenvalue weighted by Gasteiger charge is -2.41. The Balaban J connectivity index is 2.06. The van der Waals surface area contributed by atoms with Crippen molar-refractivity contribution in [1.82, 2.24) is 0 Å². The van der Waals surface area contributed by atoms with Crippen molar-refractivity contribution in [2.24, 2.45) is 0 Å². The highest BCUT2D eigenvalue weighted by molar-refractivity contribution is 7.99. The van der Waals surface area contributed by atoms with Crippen LogP contribution in [0.25, 0.3) is 0 Å². The minimum atomic E-state index is -0.924. The van der Waals surface area contributed by atoms with Crippen molar-refractivity contribution in [3.05, 3.63) is 30.3 Å². The first-order valence-electron chi connectivity index (χ1n) is 7.48. The fourth-order valence-electron chi connectivity index (χ4n) is 2.27. The number of benzene rings is 1. The molecule has 1 aromatic carbocycles. The number of aliphatic hydroxyl groups excluding tert-OH is 2. The van der Waals surface area contributed by atoms with Crippen LogP contribution >= 0.6 is 11.8 Å². The quantitative estimate of drug-likeness (QED) is 0.790. The molecule has 1 heterocycles. The summed E-state index contributed by atoms with van der Waals surface area (Å²) in [5.74, 6) is 0. The summed E-state index contributed by atoms with van der Waals surface area (Å²) in [7, 11) is 0. The van der Waals surface area contributed by atoms with Gasteiger partial charge in [0, 0.05) is 11.5 Å². The molecule has 0 bridgehead atoms. The Hall–Kier alpha value is -0.590. The molecule has 0 unspecified atom stereocenters. The van der Waals surface area contributed by atoms with Crippen LogP contribution in [0, 0.1) is 0 Å². The number of hydrogen-bond acceptors (Lipinski definition) is 5. The third kappa shape index (κ3) is 4.44. The molecule has 0 aliphatic carbocycles. The molecule has 5 heteroatoms. The first-order valence-corrected chi connectivity index (χ1v) is 8.36. The average molecular weight is 312 g/mol. The molecular weight excluding hydrogens is 288 g/mol. The van der Waals surface area contributed by atoms with Crippen LogP contribution in [0.5, 0.6) is 0 Å². The fraction of sp³-hybridized carbons (Fsp3) is 0.625. The average Bonchev–Trinajstić information content (AvgIpc) is 2.49. The lowest BCUT2D eigenvalue weighted by Crippen LogP contribution is -2.56. The lowest BCUT2D eigenvalue weighted by atomic mass is 10.0. The number of aliphatic hydroxyl groups is 2. The van der Waals surface area contributed by atoms with E-state index in [2.05, 4.69) is 6.92 Å². The zero-order valence-corrected chi connectivity index (χ0v) is 13.3. The number of thioether (sulfide) groups is 1. The smallest absolute Gasteiger partial charge is 0.136 e. The summed E-state index contributed by atoms with van der Waals surface area (Å²) in [6.45, 7) is 4.42. The Morgan fingerprint density at radius 3 is 2.57 bits per heavy atom. The van der Waals surface area contributed by atoms with Gasteiger partial charge in [0.25, 0.3) is 0 Å². The van der Waals surface area contributed by atoms with Gasteiger partial charge in [0.15, 0.2) is 0 Å². The lowest BCUT2D eigenvalue weighted by molar-refractivity contribution is -0.207. The van der Waals surface area contributed by atoms with Gasteiger partial charge in [-0.1, -0.05) is 43.3 Å². The molecule has 1 saturated heterocycles. The van der Waals surface area contributed by atoms with E-state index in [1.807, 2.05) is 30.3 Å². The van der Waals surface area contributed by atoms with Gasteiger partial charge >= 0.3 is 0 Å². The van der Waals surface area contributed by atoms with Crippen LogP contribution < -0.4 is 0 Å². The highest BCUT2D eigenvalue weighted by Crippen LogP contribution is 2.34. The number of hydrogen-bond donors (Lipinski definition) is 2. The van der Waals surface area contributed by atoms with E-state index in [0.717, 1.165) is 17.7 Å². The zero-order valence-electron chi connectivity index (χ0n) is 12.5. The number of rotatable bonds is 6. The topological polar surface area (TPSA) is 58.9 Å². The van der Waals surface area contributed by atoms with E-state index in [1.54, 1.807) is 6.92 Å². The van der Waals surface area contributed by atoms with Gasteiger partial charge in [-0.2, -0.15) is 0 Å². The SMILES string of the molecule is CCCCO[C@@H]1[C@H](O)[C@@H](O)[C@H](C)O[C@H]1Sc1ccccc1. The van der Waals surface area contributed by atoms with Gasteiger partial charge < -0.3 is 19.7 Å². The molecule has 5 atom stereocenters. The van der Waals surface area contributed by atoms with Gasteiger partial charge in [-0.05, 0) is 25.5 Å². The largest absolute Gasteiger partial charge is 0.388 e. The van der Waals surface area contributed by atoms with Crippen molar-refractivity contribution in [2.75, 3.05) is 6.61 Å². The van der Waals surface area contributed by atoms with Crippen LogP contribution in [0.1, 0.15) is 26.7 Å². The molecule has 0 radical (unpaired) electrons. The highest BCUT2D eigenvalue weighted by atomic mass is 32.2. The Bertz CT molecular complexity index is 414. The second-order valence-electron chi connectivity index (χ2n) is 5.31. The van der Waals surface area contributed by atoms with Crippen molar-refractivity contribution in [1.29, 1.82) is 0 Å². The van der Waals surface area contributed by atoms with Crippen LogP contribution in [0.4, 0.5) is 0 Å². The van der Waals surface area contributed by atoms with Crippen molar-refractivity contribution in [2.45, 2.75) is 61.4 Å². The van der Waals surface area contributed by atoms with Gasteiger partial charge in [0.05, 0.1) is 6.10 Å². The third-order valence-electron chi connectivity index (χ3n) is 3.59. The minimum absolute atomic E-state index is 0.322. The van der Waals surface area contributed by atoms with E-state index in [9.17, 15) is 10.2 Å². The second kappa shape index (κ2) is 8.15. The molecule has 1 aliphatic heterocycles. The summed E-state index contributed by atoms with van der Waals surface area (Å²) >= 11 is 1.52. The monoisotopic (exact) mass is 312 g/mol. The molecular formula is C16H24O4S. The first-order chi connectivity index (χ1) is 10.1. The Morgan fingerprint density at radius 1 is 1.19 bits per heavy atom. The summed E-state index contributed by atoms with van der Waals surface area (Å²) in [5, 5.41) is 20.3. The van der Waals surface area contributed by atoms with Gasteiger partial charge in [-0.25, -0.2) is 0 Å².